The van der Waals surface area contributed by atoms with Crippen LogP contribution in [0.2, 0.25) is 0 Å². The van der Waals surface area contributed by atoms with E-state index in [1.807, 2.05) is 12.4 Å². The van der Waals surface area contributed by atoms with Crippen LogP contribution in [0.1, 0.15) is 12.2 Å². The summed E-state index contributed by atoms with van der Waals surface area (Å²) in [5.74, 6) is 0.697. The van der Waals surface area contributed by atoms with Crippen LogP contribution >= 0.6 is 0 Å². The lowest BCUT2D eigenvalue weighted by Crippen LogP contribution is -2.03. The molecule has 58 valence electrons. The van der Waals surface area contributed by atoms with E-state index < -0.39 is 0 Å². The zero-order valence-electron chi connectivity index (χ0n) is 6.25. The molecule has 0 saturated heterocycles. The summed E-state index contributed by atoms with van der Waals surface area (Å²) in [4.78, 5) is 10.3. The van der Waals surface area contributed by atoms with Gasteiger partial charge in [0, 0.05) is 12.3 Å². The first kappa shape index (κ1) is 8.05. The number of hydrogen-bond acceptors (Lipinski definition) is 2. The Morgan fingerprint density at radius 3 is 3.00 bits per heavy atom. The Morgan fingerprint density at radius 1 is 1.73 bits per heavy atom. The average Bonchev–Trinajstić information content (AvgIpc) is 2.52. The molecule has 11 heavy (non-hydrogen) atoms. The molecule has 0 bridgehead atoms. The highest BCUT2D eigenvalue weighted by molar-refractivity contribution is 5.55. The van der Waals surface area contributed by atoms with Crippen LogP contribution in [-0.4, -0.2) is 6.29 Å². The van der Waals surface area contributed by atoms with Gasteiger partial charge in [-0.1, -0.05) is 6.92 Å². The van der Waals surface area contributed by atoms with Gasteiger partial charge in [0.05, 0.1) is 6.26 Å². The van der Waals surface area contributed by atoms with Crippen LogP contribution in [0.5, 0.6) is 0 Å². The third-order valence-corrected chi connectivity index (χ3v) is 1.54. The maximum Gasteiger partial charge on any atom is 0.202 e. The number of furan rings is 1. The molecule has 0 fully saturated rings. The SMILES string of the molecule is [CH2]CC([C]=O)Cc1ccco1. The van der Waals surface area contributed by atoms with E-state index in [1.165, 1.54) is 0 Å². The summed E-state index contributed by atoms with van der Waals surface area (Å²) in [7, 11) is 0. The minimum atomic E-state index is -0.124. The smallest absolute Gasteiger partial charge is 0.202 e. The molecule has 1 aromatic rings. The van der Waals surface area contributed by atoms with Crippen LogP contribution < -0.4 is 0 Å². The molecule has 0 spiro atoms. The molecule has 0 aliphatic heterocycles. The second-order valence-electron chi connectivity index (χ2n) is 2.39. The molecule has 0 amide bonds. The maximum atomic E-state index is 10.3. The van der Waals surface area contributed by atoms with Crippen molar-refractivity contribution < 1.29 is 9.21 Å². The molecular formula is C9H10O2. The standard InChI is InChI=1S/C9H10O2/c1-2-8(7-10)6-9-4-3-5-11-9/h3-5,8H,1-2,6H2. The molecule has 2 radical (unpaired) electrons. The Labute approximate surface area is 66.2 Å². The zero-order valence-corrected chi connectivity index (χ0v) is 6.25. The molecule has 0 saturated carbocycles. The van der Waals surface area contributed by atoms with Crippen molar-refractivity contribution in [2.75, 3.05) is 0 Å². The topological polar surface area (TPSA) is 30.2 Å². The lowest BCUT2D eigenvalue weighted by molar-refractivity contribution is 0.465. The van der Waals surface area contributed by atoms with Crippen molar-refractivity contribution in [3.63, 3.8) is 0 Å². The molecule has 0 aliphatic rings. The Bertz CT molecular complexity index is 201. The summed E-state index contributed by atoms with van der Waals surface area (Å²) in [6.07, 6.45) is 4.70. The fraction of sp³-hybridized carbons (Fsp3) is 0.333. The summed E-state index contributed by atoms with van der Waals surface area (Å²) in [6, 6.07) is 3.65. The predicted octanol–water partition coefficient (Wildman–Crippen LogP) is 1.77. The first-order valence-electron chi connectivity index (χ1n) is 3.56. The number of carbonyl (C=O) groups excluding carboxylic acids is 1. The van der Waals surface area contributed by atoms with E-state index in [0.717, 1.165) is 5.76 Å². The van der Waals surface area contributed by atoms with E-state index in [0.29, 0.717) is 12.8 Å². The number of rotatable bonds is 4. The van der Waals surface area contributed by atoms with Gasteiger partial charge in [0.2, 0.25) is 6.29 Å². The fourth-order valence-electron chi connectivity index (χ4n) is 0.874. The maximum absolute atomic E-state index is 10.3. The third kappa shape index (κ3) is 2.22. The summed E-state index contributed by atoms with van der Waals surface area (Å²) in [6.45, 7) is 3.63. The Morgan fingerprint density at radius 2 is 2.55 bits per heavy atom. The van der Waals surface area contributed by atoms with Crippen LogP contribution in [0.15, 0.2) is 22.8 Å². The minimum Gasteiger partial charge on any atom is -0.469 e. The monoisotopic (exact) mass is 150 g/mol. The van der Waals surface area contributed by atoms with Crippen molar-refractivity contribution in [3.05, 3.63) is 31.1 Å². The van der Waals surface area contributed by atoms with Gasteiger partial charge in [-0.05, 0) is 18.6 Å². The fourth-order valence-corrected chi connectivity index (χ4v) is 0.874. The highest BCUT2D eigenvalue weighted by atomic mass is 16.3. The molecule has 1 unspecified atom stereocenters. The molecule has 0 N–H and O–H groups in total. The summed E-state index contributed by atoms with van der Waals surface area (Å²) in [5.41, 5.74) is 0. The highest BCUT2D eigenvalue weighted by Gasteiger charge is 2.07. The van der Waals surface area contributed by atoms with Crippen molar-refractivity contribution >= 4 is 6.29 Å². The molecule has 0 aromatic carbocycles. The molecule has 1 rings (SSSR count). The van der Waals surface area contributed by atoms with Crippen LogP contribution in [0.4, 0.5) is 0 Å². The second kappa shape index (κ2) is 3.96. The Balaban J connectivity index is 2.47. The Hall–Kier alpha value is -1.05. The summed E-state index contributed by atoms with van der Waals surface area (Å²) in [5, 5.41) is 0. The van der Waals surface area contributed by atoms with Crippen LogP contribution in [0, 0.1) is 12.8 Å². The van der Waals surface area contributed by atoms with Crippen molar-refractivity contribution in [3.8, 4) is 0 Å². The van der Waals surface area contributed by atoms with Crippen molar-refractivity contribution in [2.24, 2.45) is 5.92 Å². The van der Waals surface area contributed by atoms with E-state index in [2.05, 4.69) is 6.92 Å². The first-order chi connectivity index (χ1) is 5.36. The van der Waals surface area contributed by atoms with Crippen molar-refractivity contribution in [2.45, 2.75) is 12.8 Å². The Kier molecular flexibility index (Phi) is 2.90. The molecule has 0 aliphatic carbocycles. The summed E-state index contributed by atoms with van der Waals surface area (Å²) >= 11 is 0. The normalized spacial score (nSPS) is 12.8. The molecular weight excluding hydrogens is 140 g/mol. The minimum absolute atomic E-state index is 0.124. The lowest BCUT2D eigenvalue weighted by Gasteiger charge is -2.01. The quantitative estimate of drug-likeness (QED) is 0.654. The first-order valence-corrected chi connectivity index (χ1v) is 3.56. The van der Waals surface area contributed by atoms with Gasteiger partial charge in [-0.25, -0.2) is 0 Å². The third-order valence-electron chi connectivity index (χ3n) is 1.54. The van der Waals surface area contributed by atoms with Gasteiger partial charge in [0.1, 0.15) is 5.76 Å². The number of hydrogen-bond donors (Lipinski definition) is 0. The molecule has 1 atom stereocenters. The average molecular weight is 150 g/mol. The molecule has 1 aromatic heterocycles. The summed E-state index contributed by atoms with van der Waals surface area (Å²) < 4.78 is 5.06. The van der Waals surface area contributed by atoms with Crippen molar-refractivity contribution in [1.29, 1.82) is 0 Å². The molecule has 2 nitrogen and oxygen atoms in total. The van der Waals surface area contributed by atoms with E-state index in [9.17, 15) is 4.79 Å². The van der Waals surface area contributed by atoms with Gasteiger partial charge in [-0.3, -0.25) is 4.79 Å². The van der Waals surface area contributed by atoms with Gasteiger partial charge < -0.3 is 4.42 Å². The second-order valence-corrected chi connectivity index (χ2v) is 2.39. The van der Waals surface area contributed by atoms with E-state index in [-0.39, 0.29) is 5.92 Å². The van der Waals surface area contributed by atoms with Gasteiger partial charge in [0.15, 0.2) is 0 Å². The van der Waals surface area contributed by atoms with E-state index in [1.54, 1.807) is 12.3 Å². The largest absolute Gasteiger partial charge is 0.469 e. The molecule has 1 heterocycles. The highest BCUT2D eigenvalue weighted by Crippen LogP contribution is 2.09. The molecule has 2 heteroatoms. The zero-order chi connectivity index (χ0) is 8.10. The lowest BCUT2D eigenvalue weighted by atomic mass is 10.0. The predicted molar refractivity (Wildman–Crippen MR) is 41.6 cm³/mol. The van der Waals surface area contributed by atoms with Crippen LogP contribution in [0.25, 0.3) is 0 Å². The van der Waals surface area contributed by atoms with E-state index >= 15 is 0 Å². The van der Waals surface area contributed by atoms with E-state index in [4.69, 9.17) is 4.42 Å². The van der Waals surface area contributed by atoms with Crippen LogP contribution in [-0.2, 0) is 11.2 Å². The van der Waals surface area contributed by atoms with Gasteiger partial charge in [-0.15, -0.1) is 0 Å². The van der Waals surface area contributed by atoms with Crippen LogP contribution in [0.3, 0.4) is 0 Å². The van der Waals surface area contributed by atoms with Crippen molar-refractivity contribution in [1.82, 2.24) is 0 Å². The van der Waals surface area contributed by atoms with Gasteiger partial charge in [0.25, 0.3) is 0 Å². The van der Waals surface area contributed by atoms with Gasteiger partial charge in [-0.2, -0.15) is 0 Å². The van der Waals surface area contributed by atoms with Gasteiger partial charge >= 0.3 is 0 Å².